The van der Waals surface area contributed by atoms with Gasteiger partial charge in [0.1, 0.15) is 16.4 Å². The molecule has 1 saturated heterocycles. The van der Waals surface area contributed by atoms with E-state index in [2.05, 4.69) is 4.98 Å². The molecule has 7 heteroatoms. The molecule has 1 aliphatic heterocycles. The molecule has 1 aromatic carbocycles. The molecule has 1 atom stereocenters. The number of hydrogen-bond donors (Lipinski definition) is 0. The molecule has 1 aliphatic rings. The molecule has 1 unspecified atom stereocenters. The van der Waals surface area contributed by atoms with Gasteiger partial charge in [-0.25, -0.2) is 9.19 Å². The Kier molecular flexibility index (Phi) is 5.24. The summed E-state index contributed by atoms with van der Waals surface area (Å²) >= 11 is 1.42. The maximum Gasteiger partial charge on any atom is 0.186 e. The average molecular weight is 365 g/mol. The Morgan fingerprint density at radius 3 is 2.54 bits per heavy atom. The van der Waals surface area contributed by atoms with Gasteiger partial charge in [-0.1, -0.05) is 12.1 Å². The zero-order valence-electron chi connectivity index (χ0n) is 13.6. The first kappa shape index (κ1) is 17.4. The predicted octanol–water partition coefficient (Wildman–Crippen LogP) is 3.16. The molecule has 2 heterocycles. The summed E-state index contributed by atoms with van der Waals surface area (Å²) in [5.74, 6) is -0.00887. The Morgan fingerprint density at radius 1 is 1.29 bits per heavy atom. The van der Waals surface area contributed by atoms with Gasteiger partial charge in [-0.3, -0.25) is 4.79 Å². The lowest BCUT2D eigenvalue weighted by Gasteiger charge is -2.34. The van der Waals surface area contributed by atoms with Crippen LogP contribution in [0.3, 0.4) is 0 Å². The number of rotatable bonds is 5. The number of carbonyl (C=O) groups is 1. The minimum atomic E-state index is -1.36. The first-order valence-electron chi connectivity index (χ1n) is 7.68. The summed E-state index contributed by atoms with van der Waals surface area (Å²) in [6.45, 7) is 2.81. The monoisotopic (exact) mass is 365 g/mol. The zero-order chi connectivity index (χ0) is 17.2. The first-order valence-corrected chi connectivity index (χ1v) is 9.64. The molecule has 0 bridgehead atoms. The quantitative estimate of drug-likeness (QED) is 0.762. The Balaban J connectivity index is 1.84. The largest absolute Gasteiger partial charge is 0.381 e. The van der Waals surface area contributed by atoms with Crippen molar-refractivity contribution >= 4 is 27.9 Å². The standard InChI is InChI=1S/C17H19NO4S2/c1-12(19)13-3-5-14(6-4-13)24(20)16-18-11-15(23-16)17(21-2)7-9-22-10-8-17/h3-6,11H,7-10H2,1-2H3. The van der Waals surface area contributed by atoms with Crippen molar-refractivity contribution in [2.24, 2.45) is 0 Å². The maximum atomic E-state index is 12.7. The van der Waals surface area contributed by atoms with Gasteiger partial charge in [0.15, 0.2) is 10.1 Å². The average Bonchev–Trinajstić information content (AvgIpc) is 3.12. The third-order valence-electron chi connectivity index (χ3n) is 4.26. The Bertz CT molecular complexity index is 748. The van der Waals surface area contributed by atoms with Crippen LogP contribution in [0.4, 0.5) is 0 Å². The number of nitrogens with zero attached hydrogens (tertiary/aromatic N) is 1. The third-order valence-corrected chi connectivity index (χ3v) is 7.06. The van der Waals surface area contributed by atoms with Crippen LogP contribution < -0.4 is 0 Å². The van der Waals surface area contributed by atoms with Gasteiger partial charge < -0.3 is 9.47 Å². The molecule has 0 saturated carbocycles. The second-order valence-corrected chi connectivity index (χ2v) is 8.34. The molecule has 128 valence electrons. The molecule has 0 amide bonds. The number of carbonyl (C=O) groups excluding carboxylic acids is 1. The normalized spacial score (nSPS) is 18.2. The first-order chi connectivity index (χ1) is 11.6. The van der Waals surface area contributed by atoms with E-state index in [9.17, 15) is 9.00 Å². The highest BCUT2D eigenvalue weighted by atomic mass is 32.2. The summed E-state index contributed by atoms with van der Waals surface area (Å²) in [5.41, 5.74) is 0.216. The van der Waals surface area contributed by atoms with Crippen molar-refractivity contribution in [1.29, 1.82) is 0 Å². The summed E-state index contributed by atoms with van der Waals surface area (Å²) in [6, 6.07) is 6.82. The van der Waals surface area contributed by atoms with Crippen LogP contribution in [-0.4, -0.2) is 35.3 Å². The van der Waals surface area contributed by atoms with Crippen molar-refractivity contribution in [2.45, 2.75) is 34.6 Å². The fraction of sp³-hybridized carbons (Fsp3) is 0.412. The van der Waals surface area contributed by atoms with Gasteiger partial charge in [0.2, 0.25) is 0 Å². The molecular weight excluding hydrogens is 346 g/mol. The van der Waals surface area contributed by atoms with Crippen molar-refractivity contribution in [3.63, 3.8) is 0 Å². The molecule has 0 spiro atoms. The van der Waals surface area contributed by atoms with Crippen LogP contribution >= 0.6 is 11.3 Å². The van der Waals surface area contributed by atoms with E-state index in [4.69, 9.17) is 9.47 Å². The highest BCUT2D eigenvalue weighted by molar-refractivity contribution is 7.87. The Labute approximate surface area is 147 Å². The molecule has 0 radical (unpaired) electrons. The number of ketones is 1. The summed E-state index contributed by atoms with van der Waals surface area (Å²) in [6.07, 6.45) is 3.30. The van der Waals surface area contributed by atoms with Gasteiger partial charge in [-0.2, -0.15) is 0 Å². The van der Waals surface area contributed by atoms with E-state index in [0.717, 1.165) is 17.7 Å². The molecule has 2 aromatic rings. The lowest BCUT2D eigenvalue weighted by Crippen LogP contribution is -2.34. The van der Waals surface area contributed by atoms with E-state index in [1.165, 1.54) is 18.3 Å². The molecule has 1 aromatic heterocycles. The molecular formula is C17H19NO4S2. The van der Waals surface area contributed by atoms with E-state index < -0.39 is 16.4 Å². The molecule has 5 nitrogen and oxygen atoms in total. The van der Waals surface area contributed by atoms with Gasteiger partial charge >= 0.3 is 0 Å². The minimum Gasteiger partial charge on any atom is -0.381 e. The second-order valence-electron chi connectivity index (χ2n) is 5.65. The highest BCUT2D eigenvalue weighted by Crippen LogP contribution is 2.39. The lowest BCUT2D eigenvalue weighted by atomic mass is 9.93. The van der Waals surface area contributed by atoms with Crippen LogP contribution in [0.2, 0.25) is 0 Å². The van der Waals surface area contributed by atoms with Crippen LogP contribution in [0, 0.1) is 0 Å². The summed E-state index contributed by atoms with van der Waals surface area (Å²) < 4.78 is 24.4. The van der Waals surface area contributed by atoms with E-state index in [1.807, 2.05) is 0 Å². The van der Waals surface area contributed by atoms with Gasteiger partial charge in [0, 0.05) is 49.8 Å². The van der Waals surface area contributed by atoms with Gasteiger partial charge in [0.05, 0.1) is 4.88 Å². The number of thiazole rings is 1. The van der Waals surface area contributed by atoms with E-state index >= 15 is 0 Å². The summed E-state index contributed by atoms with van der Waals surface area (Å²) in [5, 5.41) is 0. The van der Waals surface area contributed by atoms with Gasteiger partial charge in [-0.05, 0) is 19.1 Å². The fourth-order valence-electron chi connectivity index (χ4n) is 2.72. The molecule has 1 fully saturated rings. The molecule has 0 N–H and O–H groups in total. The van der Waals surface area contributed by atoms with Gasteiger partial charge in [-0.15, -0.1) is 11.3 Å². The van der Waals surface area contributed by atoms with E-state index in [1.54, 1.807) is 37.6 Å². The van der Waals surface area contributed by atoms with Crippen LogP contribution in [0.5, 0.6) is 0 Å². The summed E-state index contributed by atoms with van der Waals surface area (Å²) in [4.78, 5) is 17.3. The van der Waals surface area contributed by atoms with Crippen LogP contribution in [0.25, 0.3) is 0 Å². The number of ether oxygens (including phenoxy) is 2. The van der Waals surface area contributed by atoms with E-state index in [-0.39, 0.29) is 5.78 Å². The van der Waals surface area contributed by atoms with Crippen LogP contribution in [0.1, 0.15) is 35.0 Å². The smallest absolute Gasteiger partial charge is 0.186 e. The third kappa shape index (κ3) is 3.35. The predicted molar refractivity (Wildman–Crippen MR) is 92.0 cm³/mol. The van der Waals surface area contributed by atoms with Crippen LogP contribution in [0.15, 0.2) is 39.7 Å². The number of aromatic nitrogens is 1. The lowest BCUT2D eigenvalue weighted by molar-refractivity contribution is -0.0926. The number of hydrogen-bond acceptors (Lipinski definition) is 6. The topological polar surface area (TPSA) is 65.5 Å². The zero-order valence-corrected chi connectivity index (χ0v) is 15.2. The number of methoxy groups -OCH3 is 1. The fourth-order valence-corrected chi connectivity index (χ4v) is 5.19. The Hall–Kier alpha value is -1.41. The summed E-state index contributed by atoms with van der Waals surface area (Å²) in [7, 11) is 0.334. The van der Waals surface area contributed by atoms with Crippen molar-refractivity contribution in [3.05, 3.63) is 40.9 Å². The van der Waals surface area contributed by atoms with Crippen molar-refractivity contribution in [3.8, 4) is 0 Å². The molecule has 0 aliphatic carbocycles. The number of benzene rings is 1. The van der Waals surface area contributed by atoms with Crippen LogP contribution in [-0.2, 0) is 25.9 Å². The van der Waals surface area contributed by atoms with Crippen molar-refractivity contribution in [2.75, 3.05) is 20.3 Å². The van der Waals surface area contributed by atoms with Gasteiger partial charge in [0.25, 0.3) is 0 Å². The Morgan fingerprint density at radius 2 is 1.96 bits per heavy atom. The maximum absolute atomic E-state index is 12.7. The van der Waals surface area contributed by atoms with Crippen molar-refractivity contribution in [1.82, 2.24) is 4.98 Å². The van der Waals surface area contributed by atoms with Crippen molar-refractivity contribution < 1.29 is 18.5 Å². The minimum absolute atomic E-state index is 0.00887. The second kappa shape index (κ2) is 7.23. The molecule has 24 heavy (non-hydrogen) atoms. The molecule has 3 rings (SSSR count). The number of Topliss-reactive ketones (excluding diaryl/α,β-unsaturated/α-hetero) is 1. The highest BCUT2D eigenvalue weighted by Gasteiger charge is 2.36. The van der Waals surface area contributed by atoms with E-state index in [0.29, 0.717) is 28.0 Å². The SMILES string of the molecule is COC1(c2cnc(S(=O)c3ccc(C(C)=O)cc3)s2)CCOCC1.